The number of rotatable bonds is 6. The minimum absolute atomic E-state index is 0.0233. The molecule has 2 aliphatic rings. The first-order valence-electron chi connectivity index (χ1n) is 12.9. The van der Waals surface area contributed by atoms with Crippen LogP contribution in [-0.4, -0.2) is 25.9 Å². The number of amides is 1. The summed E-state index contributed by atoms with van der Waals surface area (Å²) in [5.41, 5.74) is 6.56. The van der Waals surface area contributed by atoms with Gasteiger partial charge in [0.1, 0.15) is 0 Å². The molecule has 0 spiro atoms. The Hall–Kier alpha value is -3.84. The third kappa shape index (κ3) is 5.36. The standard InChI is InChI=1S/C32H31BrN2O4/c1-18-5-12-24(13-6-18)35-32(37)29-19(2)34-25-15-22(21-9-14-27(38-3)28(17-21)39-4)16-26(36)31(25)30(29)20-7-10-23(33)11-8-20/h5-14,17,22,30,34H,15-16H2,1-4H3,(H,35,37)/t22-,30-/m1/s1. The van der Waals surface area contributed by atoms with Crippen molar-refractivity contribution in [1.29, 1.82) is 0 Å². The number of carbonyl (C=O) groups excluding carboxylic acids is 2. The van der Waals surface area contributed by atoms with Crippen LogP contribution in [0.15, 0.2) is 93.7 Å². The molecule has 1 aliphatic carbocycles. The molecule has 3 aromatic carbocycles. The van der Waals surface area contributed by atoms with E-state index in [1.807, 2.05) is 80.6 Å². The summed E-state index contributed by atoms with van der Waals surface area (Å²) < 4.78 is 11.8. The van der Waals surface area contributed by atoms with E-state index >= 15 is 0 Å². The fourth-order valence-electron chi connectivity index (χ4n) is 5.51. The number of methoxy groups -OCH3 is 2. The predicted octanol–water partition coefficient (Wildman–Crippen LogP) is 6.78. The van der Waals surface area contributed by atoms with Crippen molar-refractivity contribution in [2.45, 2.75) is 38.5 Å². The average molecular weight is 588 g/mol. The second kappa shape index (κ2) is 11.1. The van der Waals surface area contributed by atoms with E-state index in [0.29, 0.717) is 41.2 Å². The Morgan fingerprint density at radius 3 is 2.23 bits per heavy atom. The summed E-state index contributed by atoms with van der Waals surface area (Å²) in [6, 6.07) is 21.4. The number of carbonyl (C=O) groups is 2. The first-order valence-corrected chi connectivity index (χ1v) is 13.7. The van der Waals surface area contributed by atoms with Gasteiger partial charge in [0, 0.05) is 45.0 Å². The number of hydrogen-bond donors (Lipinski definition) is 2. The van der Waals surface area contributed by atoms with Gasteiger partial charge in [0.25, 0.3) is 5.91 Å². The summed E-state index contributed by atoms with van der Waals surface area (Å²) in [4.78, 5) is 27.6. The lowest BCUT2D eigenvalue weighted by molar-refractivity contribution is -0.116. The molecule has 0 saturated carbocycles. The lowest BCUT2D eigenvalue weighted by atomic mass is 9.71. The van der Waals surface area contributed by atoms with Gasteiger partial charge in [-0.3, -0.25) is 9.59 Å². The Labute approximate surface area is 237 Å². The lowest BCUT2D eigenvalue weighted by Crippen LogP contribution is -2.37. The number of hydrogen-bond acceptors (Lipinski definition) is 5. The molecule has 1 amide bonds. The van der Waals surface area contributed by atoms with Crippen LogP contribution in [0.1, 0.15) is 48.3 Å². The Kier molecular flexibility index (Phi) is 7.62. The van der Waals surface area contributed by atoms with E-state index in [4.69, 9.17) is 9.47 Å². The van der Waals surface area contributed by atoms with Crippen LogP contribution in [0.5, 0.6) is 11.5 Å². The van der Waals surface area contributed by atoms with Crippen molar-refractivity contribution >= 4 is 33.3 Å². The molecule has 2 atom stereocenters. The van der Waals surface area contributed by atoms with Crippen molar-refractivity contribution < 1.29 is 19.1 Å². The zero-order valence-corrected chi connectivity index (χ0v) is 24.0. The minimum Gasteiger partial charge on any atom is -0.493 e. The van der Waals surface area contributed by atoms with Gasteiger partial charge in [-0.1, -0.05) is 51.8 Å². The van der Waals surface area contributed by atoms with Gasteiger partial charge in [-0.15, -0.1) is 0 Å². The first-order chi connectivity index (χ1) is 18.8. The van der Waals surface area contributed by atoms with Crippen molar-refractivity contribution in [3.05, 3.63) is 110 Å². The van der Waals surface area contributed by atoms with Crippen LogP contribution in [0.4, 0.5) is 5.69 Å². The number of dihydropyridines is 1. The minimum atomic E-state index is -0.473. The fraction of sp³-hybridized carbons (Fsp3) is 0.250. The van der Waals surface area contributed by atoms with Crippen molar-refractivity contribution in [2.24, 2.45) is 0 Å². The first kappa shape index (κ1) is 26.8. The molecule has 0 radical (unpaired) electrons. The van der Waals surface area contributed by atoms with Crippen LogP contribution in [0, 0.1) is 6.92 Å². The molecular formula is C32H31BrN2O4. The predicted molar refractivity (Wildman–Crippen MR) is 156 cm³/mol. The van der Waals surface area contributed by atoms with E-state index in [0.717, 1.165) is 32.6 Å². The average Bonchev–Trinajstić information content (AvgIpc) is 2.93. The van der Waals surface area contributed by atoms with Crippen molar-refractivity contribution in [2.75, 3.05) is 19.5 Å². The summed E-state index contributed by atoms with van der Waals surface area (Å²) in [6.45, 7) is 3.91. The number of benzene rings is 3. The van der Waals surface area contributed by atoms with Gasteiger partial charge in [0.05, 0.1) is 14.2 Å². The quantitative estimate of drug-likeness (QED) is 0.333. The summed E-state index contributed by atoms with van der Waals surface area (Å²) >= 11 is 3.51. The molecule has 0 aromatic heterocycles. The van der Waals surface area contributed by atoms with Crippen molar-refractivity contribution in [3.8, 4) is 11.5 Å². The molecule has 39 heavy (non-hydrogen) atoms. The van der Waals surface area contributed by atoms with Crippen molar-refractivity contribution in [3.63, 3.8) is 0 Å². The van der Waals surface area contributed by atoms with Gasteiger partial charge in [-0.05, 0) is 73.7 Å². The van der Waals surface area contributed by atoms with E-state index in [1.54, 1.807) is 14.2 Å². The summed E-state index contributed by atoms with van der Waals surface area (Å²) in [5, 5.41) is 6.49. The summed E-state index contributed by atoms with van der Waals surface area (Å²) in [6.07, 6.45) is 0.989. The lowest BCUT2D eigenvalue weighted by Gasteiger charge is -2.37. The van der Waals surface area contributed by atoms with E-state index < -0.39 is 5.92 Å². The summed E-state index contributed by atoms with van der Waals surface area (Å²) in [5.74, 6) is 0.598. The number of nitrogens with one attached hydrogen (secondary N) is 2. The van der Waals surface area contributed by atoms with Crippen LogP contribution in [0.3, 0.4) is 0 Å². The molecule has 1 aliphatic heterocycles. The summed E-state index contributed by atoms with van der Waals surface area (Å²) in [7, 11) is 3.21. The van der Waals surface area contributed by atoms with Gasteiger partial charge in [-0.25, -0.2) is 0 Å². The smallest absolute Gasteiger partial charge is 0.254 e. The second-order valence-corrected chi connectivity index (χ2v) is 10.9. The van der Waals surface area contributed by atoms with Crippen LogP contribution in [0.2, 0.25) is 0 Å². The van der Waals surface area contributed by atoms with Gasteiger partial charge in [0.2, 0.25) is 0 Å². The second-order valence-electron chi connectivity index (χ2n) is 10.0. The van der Waals surface area contributed by atoms with Gasteiger partial charge >= 0.3 is 0 Å². The third-order valence-corrected chi connectivity index (χ3v) is 7.99. The molecule has 0 bridgehead atoms. The molecule has 0 saturated heterocycles. The molecule has 3 aromatic rings. The van der Waals surface area contributed by atoms with Crippen LogP contribution in [0.25, 0.3) is 0 Å². The highest BCUT2D eigenvalue weighted by Gasteiger charge is 2.41. The van der Waals surface area contributed by atoms with E-state index in [9.17, 15) is 9.59 Å². The highest BCUT2D eigenvalue weighted by molar-refractivity contribution is 9.10. The third-order valence-electron chi connectivity index (χ3n) is 7.46. The molecule has 2 N–H and O–H groups in total. The molecule has 1 heterocycles. The maximum absolute atomic E-state index is 13.9. The van der Waals surface area contributed by atoms with E-state index in [2.05, 4.69) is 26.6 Å². The van der Waals surface area contributed by atoms with E-state index in [-0.39, 0.29) is 17.6 Å². The van der Waals surface area contributed by atoms with Crippen molar-refractivity contribution in [1.82, 2.24) is 5.32 Å². The maximum atomic E-state index is 13.9. The normalized spacial score (nSPS) is 18.8. The molecule has 0 fully saturated rings. The van der Waals surface area contributed by atoms with Crippen LogP contribution in [-0.2, 0) is 9.59 Å². The Morgan fingerprint density at radius 2 is 1.56 bits per heavy atom. The molecule has 5 rings (SSSR count). The van der Waals surface area contributed by atoms with Crippen LogP contribution < -0.4 is 20.1 Å². The highest BCUT2D eigenvalue weighted by Crippen LogP contribution is 2.46. The SMILES string of the molecule is COc1ccc([C@H]2CC(=O)C3=C(C2)NC(C)=C(C(=O)Nc2ccc(C)cc2)[C@H]3c2ccc(Br)cc2)cc1OC. The molecule has 0 unspecified atom stereocenters. The Balaban J connectivity index is 1.53. The molecule has 7 heteroatoms. The number of Topliss-reactive ketones (excluding diaryl/α,β-unsaturated/α-hetero) is 1. The van der Waals surface area contributed by atoms with Gasteiger partial charge in [-0.2, -0.15) is 0 Å². The molecule has 6 nitrogen and oxygen atoms in total. The monoisotopic (exact) mass is 586 g/mol. The molecular weight excluding hydrogens is 556 g/mol. The topological polar surface area (TPSA) is 76.7 Å². The number of halogens is 1. The van der Waals surface area contributed by atoms with E-state index in [1.165, 1.54) is 0 Å². The van der Waals surface area contributed by atoms with Gasteiger partial charge in [0.15, 0.2) is 17.3 Å². The van der Waals surface area contributed by atoms with Gasteiger partial charge < -0.3 is 20.1 Å². The number of anilines is 1. The Bertz CT molecular complexity index is 1490. The number of ether oxygens (including phenoxy) is 2. The maximum Gasteiger partial charge on any atom is 0.254 e. The molecule has 200 valence electrons. The number of allylic oxidation sites excluding steroid dienone is 3. The largest absolute Gasteiger partial charge is 0.493 e. The number of aryl methyl sites for hydroxylation is 1. The van der Waals surface area contributed by atoms with Crippen LogP contribution >= 0.6 is 15.9 Å². The highest BCUT2D eigenvalue weighted by atomic mass is 79.9. The fourth-order valence-corrected chi connectivity index (χ4v) is 5.77. The number of ketones is 1. The zero-order chi connectivity index (χ0) is 27.7. The Morgan fingerprint density at radius 1 is 0.897 bits per heavy atom. The zero-order valence-electron chi connectivity index (χ0n) is 22.4.